The molecule has 3 rings (SSSR count). The zero-order valence-corrected chi connectivity index (χ0v) is 10.4. The van der Waals surface area contributed by atoms with E-state index in [-0.39, 0.29) is 11.6 Å². The molecule has 96 valence electrons. The minimum absolute atomic E-state index is 0.257. The number of carbonyl (C=O) groups is 1. The van der Waals surface area contributed by atoms with Crippen molar-refractivity contribution in [1.29, 1.82) is 0 Å². The van der Waals surface area contributed by atoms with Gasteiger partial charge >= 0.3 is 6.09 Å². The Kier molecular flexibility index (Phi) is 2.47. The lowest BCUT2D eigenvalue weighted by atomic mass is 9.74. The first kappa shape index (κ1) is 11.4. The molecule has 1 amide bonds. The number of nitrogens with one attached hydrogen (secondary N) is 1. The van der Waals surface area contributed by atoms with Crippen LogP contribution in [0.4, 0.5) is 4.79 Å². The number of alkyl carbamates (subject to hydrolysis) is 1. The Balaban J connectivity index is 1.83. The van der Waals surface area contributed by atoms with Gasteiger partial charge in [0.25, 0.3) is 0 Å². The summed E-state index contributed by atoms with van der Waals surface area (Å²) in [5, 5.41) is 12.4. The lowest BCUT2D eigenvalue weighted by Crippen LogP contribution is -2.49. The van der Waals surface area contributed by atoms with E-state index in [4.69, 9.17) is 4.74 Å². The summed E-state index contributed by atoms with van der Waals surface area (Å²) in [6.45, 7) is 2.50. The average Bonchev–Trinajstić information content (AvgIpc) is 2.70. The molecule has 0 radical (unpaired) electrons. The van der Waals surface area contributed by atoms with Gasteiger partial charge in [-0.05, 0) is 55.4 Å². The first-order chi connectivity index (χ1) is 8.57. The van der Waals surface area contributed by atoms with Crippen LogP contribution in [0.25, 0.3) is 0 Å². The number of benzene rings is 1. The van der Waals surface area contributed by atoms with E-state index in [1.165, 1.54) is 11.1 Å². The van der Waals surface area contributed by atoms with Gasteiger partial charge in [-0.25, -0.2) is 4.79 Å². The molecule has 0 aromatic heterocycles. The van der Waals surface area contributed by atoms with Gasteiger partial charge < -0.3 is 15.2 Å². The van der Waals surface area contributed by atoms with Crippen molar-refractivity contribution in [2.75, 3.05) is 6.61 Å². The van der Waals surface area contributed by atoms with E-state index in [2.05, 4.69) is 5.32 Å². The maximum Gasteiger partial charge on any atom is 0.407 e. The number of hydrogen-bond acceptors (Lipinski definition) is 3. The molecule has 0 spiro atoms. The Bertz CT molecular complexity index is 500. The summed E-state index contributed by atoms with van der Waals surface area (Å²) in [5.41, 5.74) is 2.23. The smallest absolute Gasteiger partial charge is 0.407 e. The van der Waals surface area contributed by atoms with Gasteiger partial charge in [-0.1, -0.05) is 6.07 Å². The second-order valence-corrected chi connectivity index (χ2v) is 5.51. The van der Waals surface area contributed by atoms with Crippen LogP contribution in [0.1, 0.15) is 24.5 Å². The zero-order chi connectivity index (χ0) is 12.8. The molecule has 1 aromatic carbocycles. The standard InChI is InChI=1S/C14H17NO3/c1-14(8-18-13(17)15-14)11-4-2-10-7-12(16)5-3-9(10)6-11/h3,5,7,11,16H,2,4,6,8H2,1H3,(H,15,17)/t11-,14+/m1/s1. The number of aryl methyl sites for hydroxylation is 1. The third kappa shape index (κ3) is 1.82. The molecular weight excluding hydrogens is 230 g/mol. The van der Waals surface area contributed by atoms with Crippen molar-refractivity contribution >= 4 is 6.09 Å². The lowest BCUT2D eigenvalue weighted by Gasteiger charge is -2.35. The molecule has 4 nitrogen and oxygen atoms in total. The number of fused-ring (bicyclic) bond motifs is 1. The lowest BCUT2D eigenvalue weighted by molar-refractivity contribution is 0.161. The molecule has 1 saturated heterocycles. The number of hydrogen-bond donors (Lipinski definition) is 2. The molecule has 1 fully saturated rings. The Morgan fingerprint density at radius 3 is 3.00 bits per heavy atom. The fourth-order valence-electron chi connectivity index (χ4n) is 3.03. The quantitative estimate of drug-likeness (QED) is 0.798. The number of ether oxygens (including phenoxy) is 1. The largest absolute Gasteiger partial charge is 0.508 e. The second-order valence-electron chi connectivity index (χ2n) is 5.51. The number of phenols is 1. The van der Waals surface area contributed by atoms with Crippen molar-refractivity contribution < 1.29 is 14.6 Å². The summed E-state index contributed by atoms with van der Waals surface area (Å²) in [6.07, 6.45) is 2.57. The Labute approximate surface area is 106 Å². The van der Waals surface area contributed by atoms with Gasteiger partial charge in [0.2, 0.25) is 0 Å². The normalized spacial score (nSPS) is 30.5. The number of rotatable bonds is 1. The van der Waals surface area contributed by atoms with Crippen LogP contribution in [0, 0.1) is 5.92 Å². The van der Waals surface area contributed by atoms with Crippen LogP contribution in [-0.2, 0) is 17.6 Å². The van der Waals surface area contributed by atoms with E-state index < -0.39 is 0 Å². The topological polar surface area (TPSA) is 58.6 Å². The SMILES string of the molecule is C[C@@]1([C@@H]2CCc3cc(O)ccc3C2)COC(=O)N1. The summed E-state index contributed by atoms with van der Waals surface area (Å²) in [6, 6.07) is 5.56. The molecule has 0 unspecified atom stereocenters. The molecule has 2 aliphatic rings. The van der Waals surface area contributed by atoms with Gasteiger partial charge in [0, 0.05) is 0 Å². The van der Waals surface area contributed by atoms with Crippen LogP contribution in [0.2, 0.25) is 0 Å². The van der Waals surface area contributed by atoms with E-state index in [0.29, 0.717) is 18.3 Å². The number of amides is 1. The van der Waals surface area contributed by atoms with Crippen molar-refractivity contribution in [3.63, 3.8) is 0 Å². The molecule has 1 aromatic rings. The van der Waals surface area contributed by atoms with Crippen LogP contribution >= 0.6 is 0 Å². The predicted molar refractivity (Wildman–Crippen MR) is 66.5 cm³/mol. The molecule has 0 saturated carbocycles. The maximum absolute atomic E-state index is 11.2. The molecule has 4 heteroatoms. The number of phenolic OH excluding ortho intramolecular Hbond substituents is 1. The van der Waals surface area contributed by atoms with Gasteiger partial charge in [0.15, 0.2) is 0 Å². The third-order valence-electron chi connectivity index (χ3n) is 4.21. The van der Waals surface area contributed by atoms with Gasteiger partial charge in [-0.2, -0.15) is 0 Å². The van der Waals surface area contributed by atoms with Crippen LogP contribution in [0.5, 0.6) is 5.75 Å². The van der Waals surface area contributed by atoms with Crippen LogP contribution in [0.15, 0.2) is 18.2 Å². The minimum Gasteiger partial charge on any atom is -0.508 e. The monoisotopic (exact) mass is 247 g/mol. The maximum atomic E-state index is 11.2. The summed E-state index contributed by atoms with van der Waals surface area (Å²) in [7, 11) is 0. The van der Waals surface area contributed by atoms with E-state index >= 15 is 0 Å². The number of carbonyl (C=O) groups excluding carboxylic acids is 1. The van der Waals surface area contributed by atoms with E-state index in [9.17, 15) is 9.90 Å². The number of aromatic hydroxyl groups is 1. The summed E-state index contributed by atoms with van der Waals surface area (Å²) >= 11 is 0. The number of cyclic esters (lactones) is 1. The highest BCUT2D eigenvalue weighted by atomic mass is 16.6. The fourth-order valence-corrected chi connectivity index (χ4v) is 3.03. The summed E-state index contributed by atoms with van der Waals surface area (Å²) in [5.74, 6) is 0.719. The Hall–Kier alpha value is -1.71. The summed E-state index contributed by atoms with van der Waals surface area (Å²) in [4.78, 5) is 11.2. The highest BCUT2D eigenvalue weighted by Crippen LogP contribution is 2.35. The Morgan fingerprint density at radius 1 is 1.44 bits per heavy atom. The predicted octanol–water partition coefficient (Wildman–Crippen LogP) is 2.00. The van der Waals surface area contributed by atoms with E-state index in [0.717, 1.165) is 19.3 Å². The average molecular weight is 247 g/mol. The van der Waals surface area contributed by atoms with E-state index in [1.807, 2.05) is 19.1 Å². The van der Waals surface area contributed by atoms with Crippen molar-refractivity contribution in [2.45, 2.75) is 31.7 Å². The van der Waals surface area contributed by atoms with Gasteiger partial charge in [0.05, 0.1) is 5.54 Å². The first-order valence-electron chi connectivity index (χ1n) is 6.32. The highest BCUT2D eigenvalue weighted by Gasteiger charge is 2.42. The molecular formula is C14H17NO3. The molecule has 2 atom stereocenters. The van der Waals surface area contributed by atoms with Crippen LogP contribution < -0.4 is 5.32 Å². The highest BCUT2D eigenvalue weighted by molar-refractivity contribution is 5.70. The molecule has 18 heavy (non-hydrogen) atoms. The molecule has 1 aliphatic heterocycles. The van der Waals surface area contributed by atoms with Gasteiger partial charge in [-0.3, -0.25) is 0 Å². The van der Waals surface area contributed by atoms with Crippen molar-refractivity contribution in [3.8, 4) is 5.75 Å². The minimum atomic E-state index is -0.311. The zero-order valence-electron chi connectivity index (χ0n) is 10.4. The summed E-state index contributed by atoms with van der Waals surface area (Å²) < 4.78 is 5.04. The van der Waals surface area contributed by atoms with Crippen molar-refractivity contribution in [2.24, 2.45) is 5.92 Å². The van der Waals surface area contributed by atoms with Crippen LogP contribution in [0.3, 0.4) is 0 Å². The first-order valence-corrected chi connectivity index (χ1v) is 6.32. The third-order valence-corrected chi connectivity index (χ3v) is 4.21. The van der Waals surface area contributed by atoms with E-state index in [1.54, 1.807) is 6.07 Å². The molecule has 2 N–H and O–H groups in total. The van der Waals surface area contributed by atoms with Crippen LogP contribution in [-0.4, -0.2) is 23.3 Å². The molecule has 1 heterocycles. The fraction of sp³-hybridized carbons (Fsp3) is 0.500. The molecule has 1 aliphatic carbocycles. The molecule has 0 bridgehead atoms. The van der Waals surface area contributed by atoms with Crippen molar-refractivity contribution in [3.05, 3.63) is 29.3 Å². The van der Waals surface area contributed by atoms with Gasteiger partial charge in [-0.15, -0.1) is 0 Å². The Morgan fingerprint density at radius 2 is 2.28 bits per heavy atom. The van der Waals surface area contributed by atoms with Gasteiger partial charge in [0.1, 0.15) is 12.4 Å². The second kappa shape index (κ2) is 3.90. The van der Waals surface area contributed by atoms with Crippen molar-refractivity contribution in [1.82, 2.24) is 5.32 Å².